The molecule has 1 fully saturated rings. The SMILES string of the molecule is CC(C)Cn1c(=O)n(C)c(=O)c2c(N[C@H]3CCNC3)n(Cc3ccc(-c4ccccc4)cc3)nc21. The molecule has 35 heavy (non-hydrogen) atoms. The fraction of sp³-hybridized carbons (Fsp3) is 0.370. The molecular formula is C27H32N6O2. The Balaban J connectivity index is 1.60. The van der Waals surface area contributed by atoms with Crippen LogP contribution < -0.4 is 21.9 Å². The van der Waals surface area contributed by atoms with Crippen LogP contribution in [0.1, 0.15) is 25.8 Å². The van der Waals surface area contributed by atoms with Gasteiger partial charge in [0.15, 0.2) is 5.65 Å². The van der Waals surface area contributed by atoms with Crippen LogP contribution in [-0.4, -0.2) is 38.0 Å². The number of hydrogen-bond donors (Lipinski definition) is 2. The zero-order valence-corrected chi connectivity index (χ0v) is 20.5. The molecule has 8 heteroatoms. The molecule has 0 aliphatic carbocycles. The highest BCUT2D eigenvalue weighted by atomic mass is 16.2. The first-order valence-electron chi connectivity index (χ1n) is 12.2. The van der Waals surface area contributed by atoms with E-state index in [0.717, 1.165) is 30.6 Å². The van der Waals surface area contributed by atoms with Gasteiger partial charge >= 0.3 is 5.69 Å². The van der Waals surface area contributed by atoms with Crippen LogP contribution in [0.15, 0.2) is 64.2 Å². The largest absolute Gasteiger partial charge is 0.365 e. The summed E-state index contributed by atoms with van der Waals surface area (Å²) in [6.45, 7) is 6.85. The lowest BCUT2D eigenvalue weighted by Gasteiger charge is -2.15. The van der Waals surface area contributed by atoms with E-state index in [-0.39, 0.29) is 23.2 Å². The highest BCUT2D eigenvalue weighted by Crippen LogP contribution is 2.24. The topological polar surface area (TPSA) is 85.9 Å². The fourth-order valence-electron chi connectivity index (χ4n) is 4.73. The van der Waals surface area contributed by atoms with Gasteiger partial charge in [0.25, 0.3) is 5.56 Å². The normalized spacial score (nSPS) is 15.8. The summed E-state index contributed by atoms with van der Waals surface area (Å²) in [4.78, 5) is 26.3. The third-order valence-electron chi connectivity index (χ3n) is 6.57. The monoisotopic (exact) mass is 472 g/mol. The standard InChI is InChI=1S/C27H32N6O2/c1-18(2)16-32-25-23(26(34)31(3)27(32)35)24(29-22-13-14-28-15-22)33(30-25)17-19-9-11-21(12-10-19)20-7-5-4-6-8-20/h4-12,18,22,28-29H,13-17H2,1-3H3/t22-/m0/s1. The van der Waals surface area contributed by atoms with Gasteiger partial charge in [0.05, 0.1) is 6.54 Å². The van der Waals surface area contributed by atoms with Crippen LogP contribution in [0.2, 0.25) is 0 Å². The molecule has 2 N–H and O–H groups in total. The van der Waals surface area contributed by atoms with E-state index in [9.17, 15) is 9.59 Å². The van der Waals surface area contributed by atoms with Gasteiger partial charge in [-0.1, -0.05) is 68.4 Å². The van der Waals surface area contributed by atoms with Crippen molar-refractivity contribution >= 4 is 16.9 Å². The second-order valence-corrected chi connectivity index (χ2v) is 9.75. The predicted molar refractivity (Wildman–Crippen MR) is 140 cm³/mol. The molecule has 0 unspecified atom stereocenters. The summed E-state index contributed by atoms with van der Waals surface area (Å²) in [6.07, 6.45) is 0.963. The maximum absolute atomic E-state index is 13.3. The summed E-state index contributed by atoms with van der Waals surface area (Å²) in [7, 11) is 1.54. The number of nitrogens with one attached hydrogen (secondary N) is 2. The van der Waals surface area contributed by atoms with Crippen molar-refractivity contribution in [3.63, 3.8) is 0 Å². The quantitative estimate of drug-likeness (QED) is 0.432. The van der Waals surface area contributed by atoms with Crippen molar-refractivity contribution in [3.05, 3.63) is 81.0 Å². The van der Waals surface area contributed by atoms with Crippen molar-refractivity contribution in [1.82, 2.24) is 24.2 Å². The molecular weight excluding hydrogens is 440 g/mol. The van der Waals surface area contributed by atoms with Gasteiger partial charge in [-0.15, -0.1) is 0 Å². The molecule has 4 aromatic rings. The molecule has 0 spiro atoms. The van der Waals surface area contributed by atoms with Gasteiger partial charge in [0, 0.05) is 26.2 Å². The molecule has 5 rings (SSSR count). The van der Waals surface area contributed by atoms with Crippen LogP contribution >= 0.6 is 0 Å². The van der Waals surface area contributed by atoms with E-state index >= 15 is 0 Å². The van der Waals surface area contributed by atoms with Crippen LogP contribution in [0.4, 0.5) is 5.82 Å². The minimum atomic E-state index is -0.331. The molecule has 3 heterocycles. The number of anilines is 1. The van der Waals surface area contributed by atoms with Gasteiger partial charge in [-0.05, 0) is 35.6 Å². The summed E-state index contributed by atoms with van der Waals surface area (Å²) in [5.41, 5.74) is 3.18. The highest BCUT2D eigenvalue weighted by molar-refractivity contribution is 5.87. The second kappa shape index (κ2) is 9.54. The number of rotatable bonds is 7. The first-order valence-corrected chi connectivity index (χ1v) is 12.2. The van der Waals surface area contributed by atoms with Gasteiger partial charge < -0.3 is 10.6 Å². The summed E-state index contributed by atoms with van der Waals surface area (Å²) in [5.74, 6) is 0.915. The number of nitrogens with zero attached hydrogens (tertiary/aromatic N) is 4. The average molecular weight is 473 g/mol. The Kier molecular flexibility index (Phi) is 6.30. The summed E-state index contributed by atoms with van der Waals surface area (Å²) in [5, 5.41) is 12.2. The van der Waals surface area contributed by atoms with Crippen molar-refractivity contribution in [2.24, 2.45) is 13.0 Å². The maximum atomic E-state index is 13.3. The van der Waals surface area contributed by atoms with E-state index in [0.29, 0.717) is 29.9 Å². The zero-order valence-electron chi connectivity index (χ0n) is 20.5. The molecule has 0 bridgehead atoms. The Morgan fingerprint density at radius 2 is 1.77 bits per heavy atom. The highest BCUT2D eigenvalue weighted by Gasteiger charge is 2.24. The predicted octanol–water partition coefficient (Wildman–Crippen LogP) is 3.04. The van der Waals surface area contributed by atoms with E-state index in [4.69, 9.17) is 5.10 Å². The van der Waals surface area contributed by atoms with E-state index in [1.165, 1.54) is 10.1 Å². The summed E-state index contributed by atoms with van der Waals surface area (Å²) in [6, 6.07) is 18.9. The van der Waals surface area contributed by atoms with E-state index < -0.39 is 0 Å². The Morgan fingerprint density at radius 3 is 2.43 bits per heavy atom. The zero-order chi connectivity index (χ0) is 24.5. The number of aromatic nitrogens is 4. The third-order valence-corrected chi connectivity index (χ3v) is 6.57. The van der Waals surface area contributed by atoms with Crippen molar-refractivity contribution < 1.29 is 0 Å². The van der Waals surface area contributed by atoms with Crippen molar-refractivity contribution in [2.45, 2.75) is 39.4 Å². The smallest absolute Gasteiger partial charge is 0.332 e. The first-order chi connectivity index (χ1) is 16.9. The van der Waals surface area contributed by atoms with Gasteiger partial charge in [-0.2, -0.15) is 5.10 Å². The van der Waals surface area contributed by atoms with Gasteiger partial charge in [0.1, 0.15) is 11.2 Å². The van der Waals surface area contributed by atoms with E-state index in [1.807, 2.05) is 22.9 Å². The second-order valence-electron chi connectivity index (χ2n) is 9.75. The van der Waals surface area contributed by atoms with Crippen LogP contribution in [0, 0.1) is 5.92 Å². The molecule has 8 nitrogen and oxygen atoms in total. The Morgan fingerprint density at radius 1 is 1.06 bits per heavy atom. The molecule has 0 radical (unpaired) electrons. The molecule has 2 aromatic heterocycles. The minimum absolute atomic E-state index is 0.198. The lowest BCUT2D eigenvalue weighted by Crippen LogP contribution is -2.39. The Hall–Kier alpha value is -3.65. The molecule has 2 aromatic carbocycles. The van der Waals surface area contributed by atoms with Crippen molar-refractivity contribution in [2.75, 3.05) is 18.4 Å². The van der Waals surface area contributed by atoms with E-state index in [2.05, 4.69) is 60.9 Å². The number of benzene rings is 2. The van der Waals surface area contributed by atoms with Crippen LogP contribution in [0.5, 0.6) is 0 Å². The molecule has 1 saturated heterocycles. The fourth-order valence-corrected chi connectivity index (χ4v) is 4.73. The molecule has 182 valence electrons. The van der Waals surface area contributed by atoms with Gasteiger partial charge in [-0.25, -0.2) is 9.48 Å². The molecule has 1 aliphatic rings. The lowest BCUT2D eigenvalue weighted by atomic mass is 10.0. The van der Waals surface area contributed by atoms with Gasteiger partial charge in [-0.3, -0.25) is 13.9 Å². The Labute approximate surface area is 204 Å². The molecule has 0 amide bonds. The summed E-state index contributed by atoms with van der Waals surface area (Å²) < 4.78 is 4.68. The van der Waals surface area contributed by atoms with Crippen molar-refractivity contribution in [1.29, 1.82) is 0 Å². The lowest BCUT2D eigenvalue weighted by molar-refractivity contribution is 0.498. The number of hydrogen-bond acceptors (Lipinski definition) is 5. The molecule has 0 saturated carbocycles. The maximum Gasteiger partial charge on any atom is 0.332 e. The average Bonchev–Trinajstić information content (AvgIpc) is 3.50. The third kappa shape index (κ3) is 4.53. The molecule has 1 aliphatic heterocycles. The number of fused-ring (bicyclic) bond motifs is 1. The van der Waals surface area contributed by atoms with Crippen LogP contribution in [0.25, 0.3) is 22.2 Å². The molecule has 1 atom stereocenters. The first kappa shape index (κ1) is 23.1. The summed E-state index contributed by atoms with van der Waals surface area (Å²) >= 11 is 0. The van der Waals surface area contributed by atoms with E-state index in [1.54, 1.807) is 11.6 Å². The van der Waals surface area contributed by atoms with Crippen LogP contribution in [0.3, 0.4) is 0 Å². The Bertz CT molecular complexity index is 1440. The van der Waals surface area contributed by atoms with Crippen molar-refractivity contribution in [3.8, 4) is 11.1 Å². The van der Waals surface area contributed by atoms with Crippen LogP contribution in [-0.2, 0) is 20.1 Å². The minimum Gasteiger partial charge on any atom is -0.365 e. The van der Waals surface area contributed by atoms with Gasteiger partial charge in [0.2, 0.25) is 0 Å².